The van der Waals surface area contributed by atoms with E-state index < -0.39 is 0 Å². The van der Waals surface area contributed by atoms with Crippen LogP contribution >= 0.6 is 0 Å². The van der Waals surface area contributed by atoms with Crippen LogP contribution in [0, 0.1) is 0 Å². The van der Waals surface area contributed by atoms with Crippen molar-refractivity contribution < 1.29 is 0 Å². The van der Waals surface area contributed by atoms with Gasteiger partial charge in [0.25, 0.3) is 0 Å². The molecule has 0 fully saturated rings. The number of anilines is 1. The summed E-state index contributed by atoms with van der Waals surface area (Å²) in [5.74, 6) is 0.905. The third-order valence-corrected chi connectivity index (χ3v) is 2.35. The van der Waals surface area contributed by atoms with Crippen molar-refractivity contribution in [2.45, 2.75) is 13.5 Å². The maximum Gasteiger partial charge on any atom is 0.160 e. The first-order chi connectivity index (χ1) is 7.36. The molecule has 4 nitrogen and oxygen atoms in total. The summed E-state index contributed by atoms with van der Waals surface area (Å²) in [5, 5.41) is 7.32. The lowest BCUT2D eigenvalue weighted by atomic mass is 10.1. The molecule has 4 heteroatoms. The van der Waals surface area contributed by atoms with E-state index in [9.17, 15) is 0 Å². The van der Waals surface area contributed by atoms with Gasteiger partial charge in [-0.25, -0.2) is 9.67 Å². The SMILES string of the molecule is CCn1ncnc1-c1ccccc1NC. The van der Waals surface area contributed by atoms with Crippen molar-refractivity contribution in [1.82, 2.24) is 14.8 Å². The van der Waals surface area contributed by atoms with Gasteiger partial charge < -0.3 is 5.32 Å². The summed E-state index contributed by atoms with van der Waals surface area (Å²) in [5.41, 5.74) is 2.15. The van der Waals surface area contributed by atoms with Gasteiger partial charge in [-0.2, -0.15) is 5.10 Å². The Hall–Kier alpha value is -1.84. The number of aryl methyl sites for hydroxylation is 1. The summed E-state index contributed by atoms with van der Waals surface area (Å²) in [6, 6.07) is 8.08. The molecule has 0 radical (unpaired) electrons. The summed E-state index contributed by atoms with van der Waals surface area (Å²) in [4.78, 5) is 4.28. The Morgan fingerprint density at radius 3 is 2.87 bits per heavy atom. The van der Waals surface area contributed by atoms with Gasteiger partial charge in [-0.15, -0.1) is 0 Å². The molecule has 0 saturated carbocycles. The van der Waals surface area contributed by atoms with Crippen molar-refractivity contribution in [2.75, 3.05) is 12.4 Å². The number of benzene rings is 1. The van der Waals surface area contributed by atoms with Gasteiger partial charge in [0.1, 0.15) is 6.33 Å². The highest BCUT2D eigenvalue weighted by molar-refractivity contribution is 5.73. The molecule has 0 aliphatic heterocycles. The number of hydrogen-bond donors (Lipinski definition) is 1. The molecule has 0 aliphatic carbocycles. The van der Waals surface area contributed by atoms with Crippen LogP contribution in [0.3, 0.4) is 0 Å². The number of nitrogens with one attached hydrogen (secondary N) is 1. The smallest absolute Gasteiger partial charge is 0.160 e. The van der Waals surface area contributed by atoms with Gasteiger partial charge >= 0.3 is 0 Å². The molecule has 0 atom stereocenters. The molecule has 0 unspecified atom stereocenters. The van der Waals surface area contributed by atoms with E-state index in [1.807, 2.05) is 36.0 Å². The van der Waals surface area contributed by atoms with Gasteiger partial charge in [0.2, 0.25) is 0 Å². The van der Waals surface area contributed by atoms with Crippen LogP contribution in [0.1, 0.15) is 6.92 Å². The molecule has 0 bridgehead atoms. The molecule has 0 saturated heterocycles. The third-order valence-electron chi connectivity index (χ3n) is 2.35. The highest BCUT2D eigenvalue weighted by atomic mass is 15.3. The van der Waals surface area contributed by atoms with Crippen molar-refractivity contribution in [2.24, 2.45) is 0 Å². The zero-order valence-electron chi connectivity index (χ0n) is 8.94. The lowest BCUT2D eigenvalue weighted by Crippen LogP contribution is -2.01. The Morgan fingerprint density at radius 1 is 1.33 bits per heavy atom. The average Bonchev–Trinajstić information content (AvgIpc) is 2.76. The molecule has 1 heterocycles. The summed E-state index contributed by atoms with van der Waals surface area (Å²) in [6.45, 7) is 2.88. The van der Waals surface area contributed by atoms with Crippen molar-refractivity contribution >= 4 is 5.69 Å². The maximum absolute atomic E-state index is 4.28. The second-order valence-electron chi connectivity index (χ2n) is 3.19. The predicted octanol–water partition coefficient (Wildman–Crippen LogP) is 2.01. The minimum atomic E-state index is 0.827. The van der Waals surface area contributed by atoms with E-state index in [0.29, 0.717) is 0 Å². The first kappa shape index (κ1) is 9.71. The molecule has 0 spiro atoms. The summed E-state index contributed by atoms with van der Waals surface area (Å²) in [7, 11) is 1.91. The van der Waals surface area contributed by atoms with E-state index in [2.05, 4.69) is 22.3 Å². The Morgan fingerprint density at radius 2 is 2.13 bits per heavy atom. The van der Waals surface area contributed by atoms with Crippen molar-refractivity contribution in [3.63, 3.8) is 0 Å². The van der Waals surface area contributed by atoms with Crippen LogP contribution in [0.5, 0.6) is 0 Å². The fourth-order valence-electron chi connectivity index (χ4n) is 1.60. The van der Waals surface area contributed by atoms with Gasteiger partial charge in [-0.1, -0.05) is 12.1 Å². The second kappa shape index (κ2) is 4.13. The average molecular weight is 202 g/mol. The fraction of sp³-hybridized carbons (Fsp3) is 0.273. The van der Waals surface area contributed by atoms with Gasteiger partial charge in [-0.3, -0.25) is 0 Å². The number of aromatic nitrogens is 3. The highest BCUT2D eigenvalue weighted by Crippen LogP contribution is 2.25. The van der Waals surface area contributed by atoms with Crippen LogP contribution < -0.4 is 5.32 Å². The van der Waals surface area contributed by atoms with Crippen LogP contribution in [-0.2, 0) is 6.54 Å². The standard InChI is InChI=1S/C11H14N4/c1-3-15-11(13-8-14-15)9-6-4-5-7-10(9)12-2/h4-8,12H,3H2,1-2H3. The lowest BCUT2D eigenvalue weighted by molar-refractivity contribution is 0.666. The molecular formula is C11H14N4. The van der Waals surface area contributed by atoms with Gasteiger partial charge in [-0.05, 0) is 19.1 Å². The van der Waals surface area contributed by atoms with Crippen molar-refractivity contribution in [3.05, 3.63) is 30.6 Å². The molecule has 0 aliphatic rings. The summed E-state index contributed by atoms with van der Waals surface area (Å²) >= 11 is 0. The Balaban J connectivity index is 2.53. The number of nitrogens with zero attached hydrogens (tertiary/aromatic N) is 3. The zero-order valence-corrected chi connectivity index (χ0v) is 8.94. The largest absolute Gasteiger partial charge is 0.388 e. The third kappa shape index (κ3) is 1.70. The van der Waals surface area contributed by atoms with Crippen molar-refractivity contribution in [1.29, 1.82) is 0 Å². The molecule has 78 valence electrons. The first-order valence-electron chi connectivity index (χ1n) is 5.01. The highest BCUT2D eigenvalue weighted by Gasteiger charge is 2.08. The van der Waals surface area contributed by atoms with Crippen LogP contribution in [0.4, 0.5) is 5.69 Å². The Kier molecular flexibility index (Phi) is 2.67. The molecule has 15 heavy (non-hydrogen) atoms. The summed E-state index contributed by atoms with van der Waals surface area (Å²) < 4.78 is 1.89. The molecule has 2 aromatic rings. The number of para-hydroxylation sites is 1. The predicted molar refractivity (Wildman–Crippen MR) is 60.7 cm³/mol. The molecular weight excluding hydrogens is 188 g/mol. The van der Waals surface area contributed by atoms with E-state index >= 15 is 0 Å². The van der Waals surface area contributed by atoms with E-state index in [1.165, 1.54) is 0 Å². The van der Waals surface area contributed by atoms with Gasteiger partial charge in [0, 0.05) is 24.8 Å². The van der Waals surface area contributed by atoms with E-state index in [-0.39, 0.29) is 0 Å². The molecule has 2 rings (SSSR count). The quantitative estimate of drug-likeness (QED) is 0.827. The Labute approximate surface area is 89.0 Å². The monoisotopic (exact) mass is 202 g/mol. The van der Waals surface area contributed by atoms with Crippen LogP contribution in [-0.4, -0.2) is 21.8 Å². The van der Waals surface area contributed by atoms with Crippen LogP contribution in [0.25, 0.3) is 11.4 Å². The lowest BCUT2D eigenvalue weighted by Gasteiger charge is -2.08. The Bertz CT molecular complexity index is 447. The normalized spacial score (nSPS) is 10.3. The van der Waals surface area contributed by atoms with Gasteiger partial charge in [0.15, 0.2) is 5.82 Å². The zero-order chi connectivity index (χ0) is 10.7. The topological polar surface area (TPSA) is 42.7 Å². The molecule has 0 amide bonds. The van der Waals surface area contributed by atoms with Gasteiger partial charge in [0.05, 0.1) is 0 Å². The maximum atomic E-state index is 4.28. The molecule has 1 aromatic carbocycles. The van der Waals surface area contributed by atoms with E-state index in [0.717, 1.165) is 23.6 Å². The minimum absolute atomic E-state index is 0.827. The first-order valence-corrected chi connectivity index (χ1v) is 5.01. The van der Waals surface area contributed by atoms with Crippen molar-refractivity contribution in [3.8, 4) is 11.4 Å². The number of rotatable bonds is 3. The van der Waals surface area contributed by atoms with Crippen LogP contribution in [0.2, 0.25) is 0 Å². The summed E-state index contributed by atoms with van der Waals surface area (Å²) in [6.07, 6.45) is 1.59. The van der Waals surface area contributed by atoms with E-state index in [1.54, 1.807) is 6.33 Å². The minimum Gasteiger partial charge on any atom is -0.388 e. The molecule has 1 N–H and O–H groups in total. The number of hydrogen-bond acceptors (Lipinski definition) is 3. The molecule has 1 aromatic heterocycles. The fourth-order valence-corrected chi connectivity index (χ4v) is 1.60. The van der Waals surface area contributed by atoms with E-state index in [4.69, 9.17) is 0 Å². The second-order valence-corrected chi connectivity index (χ2v) is 3.19. The van der Waals surface area contributed by atoms with Crippen LogP contribution in [0.15, 0.2) is 30.6 Å².